The first-order chi connectivity index (χ1) is 7.15. The van der Waals surface area contributed by atoms with Gasteiger partial charge in [0.15, 0.2) is 0 Å². The zero-order valence-electron chi connectivity index (χ0n) is 8.02. The third kappa shape index (κ3) is 1.65. The molecule has 1 N–H and O–H groups in total. The molecule has 0 aliphatic carbocycles. The average Bonchev–Trinajstić information content (AvgIpc) is 2.64. The number of hydrogen-bond acceptors (Lipinski definition) is 1. The quantitative estimate of drug-likeness (QED) is 0.886. The van der Waals surface area contributed by atoms with Crippen LogP contribution in [0.1, 0.15) is 24.5 Å². The minimum absolute atomic E-state index is 0.0165. The van der Waals surface area contributed by atoms with Crippen LogP contribution in [-0.4, -0.2) is 10.2 Å². The lowest BCUT2D eigenvalue weighted by molar-refractivity contribution is 0.153. The van der Waals surface area contributed by atoms with Crippen LogP contribution in [-0.2, 0) is 6.42 Å². The lowest BCUT2D eigenvalue weighted by atomic mass is 10.0. The Morgan fingerprint density at radius 3 is 2.87 bits per heavy atom. The molecule has 5 heteroatoms. The van der Waals surface area contributed by atoms with Crippen LogP contribution in [0.2, 0.25) is 0 Å². The Morgan fingerprint density at radius 2 is 2.27 bits per heavy atom. The third-order valence-corrected chi connectivity index (χ3v) is 3.12. The zero-order valence-corrected chi connectivity index (χ0v) is 9.61. The summed E-state index contributed by atoms with van der Waals surface area (Å²) in [6.07, 6.45) is -0.266. The molecule has 0 unspecified atom stereocenters. The molecule has 2 nitrogen and oxygen atoms in total. The largest absolute Gasteiger partial charge is 0.277 e. The Labute approximate surface area is 93.8 Å². The monoisotopic (exact) mass is 274 g/mol. The van der Waals surface area contributed by atoms with Crippen molar-refractivity contribution in [1.29, 1.82) is 0 Å². The van der Waals surface area contributed by atoms with Crippen molar-refractivity contribution in [3.8, 4) is 0 Å². The number of nitrogens with one attached hydrogen (secondary N) is 1. The molecule has 80 valence electrons. The van der Waals surface area contributed by atoms with Crippen molar-refractivity contribution in [3.63, 3.8) is 0 Å². The summed E-state index contributed by atoms with van der Waals surface area (Å²) in [5, 5.41) is 7.08. The topological polar surface area (TPSA) is 28.7 Å². The van der Waals surface area contributed by atoms with Gasteiger partial charge < -0.3 is 0 Å². The minimum atomic E-state index is -2.48. The molecule has 1 aromatic carbocycles. The van der Waals surface area contributed by atoms with Gasteiger partial charge in [0.25, 0.3) is 6.43 Å². The number of hydrogen-bond donors (Lipinski definition) is 1. The van der Waals surface area contributed by atoms with Gasteiger partial charge in [-0.25, -0.2) is 8.78 Å². The Balaban J connectivity index is 2.80. The lowest BCUT2D eigenvalue weighted by Crippen LogP contribution is -1.92. The van der Waals surface area contributed by atoms with Gasteiger partial charge in [0.1, 0.15) is 0 Å². The van der Waals surface area contributed by atoms with Gasteiger partial charge in [-0.3, -0.25) is 5.10 Å². The van der Waals surface area contributed by atoms with Gasteiger partial charge >= 0.3 is 0 Å². The number of H-pyrrole nitrogens is 1. The van der Waals surface area contributed by atoms with E-state index in [4.69, 9.17) is 0 Å². The van der Waals surface area contributed by atoms with Crippen LogP contribution in [0, 0.1) is 0 Å². The predicted octanol–water partition coefficient (Wildman–Crippen LogP) is 3.83. The molecule has 15 heavy (non-hydrogen) atoms. The first-order valence-corrected chi connectivity index (χ1v) is 5.37. The van der Waals surface area contributed by atoms with E-state index in [9.17, 15) is 8.78 Å². The molecule has 0 fully saturated rings. The molecule has 0 bridgehead atoms. The number of benzene rings is 1. The van der Waals surface area contributed by atoms with Crippen LogP contribution in [0.3, 0.4) is 0 Å². The molecule has 0 aliphatic rings. The molecular weight excluding hydrogens is 266 g/mol. The van der Waals surface area contributed by atoms with E-state index in [1.165, 1.54) is 12.3 Å². The predicted molar refractivity (Wildman–Crippen MR) is 58.1 cm³/mol. The van der Waals surface area contributed by atoms with E-state index in [1.807, 2.05) is 6.92 Å². The Bertz CT molecular complexity index is 493. The molecule has 0 aliphatic heterocycles. The van der Waals surface area contributed by atoms with E-state index >= 15 is 0 Å². The smallest absolute Gasteiger partial charge is 0.264 e. The molecule has 0 spiro atoms. The number of rotatable bonds is 2. The van der Waals surface area contributed by atoms with Crippen molar-refractivity contribution in [2.45, 2.75) is 19.8 Å². The van der Waals surface area contributed by atoms with E-state index in [1.54, 1.807) is 0 Å². The second-order valence-electron chi connectivity index (χ2n) is 3.24. The van der Waals surface area contributed by atoms with E-state index in [0.717, 1.165) is 12.0 Å². The molecule has 0 saturated carbocycles. The highest BCUT2D eigenvalue weighted by Gasteiger charge is 2.17. The SMILES string of the molecule is CCc1c(Br)cc(C(F)F)c2cn[nH]c12. The Kier molecular flexibility index (Phi) is 2.73. The van der Waals surface area contributed by atoms with Crippen molar-refractivity contribution in [1.82, 2.24) is 10.2 Å². The summed E-state index contributed by atoms with van der Waals surface area (Å²) in [4.78, 5) is 0. The highest BCUT2D eigenvalue weighted by atomic mass is 79.9. The summed E-state index contributed by atoms with van der Waals surface area (Å²) >= 11 is 3.30. The summed E-state index contributed by atoms with van der Waals surface area (Å²) in [7, 11) is 0. The van der Waals surface area contributed by atoms with Crippen LogP contribution >= 0.6 is 15.9 Å². The van der Waals surface area contributed by atoms with Gasteiger partial charge in [-0.1, -0.05) is 22.9 Å². The third-order valence-electron chi connectivity index (χ3n) is 2.41. The molecule has 0 saturated heterocycles. The molecule has 0 amide bonds. The number of aromatic nitrogens is 2. The Morgan fingerprint density at radius 1 is 1.53 bits per heavy atom. The van der Waals surface area contributed by atoms with E-state index in [0.29, 0.717) is 15.4 Å². The lowest BCUT2D eigenvalue weighted by Gasteiger charge is -2.07. The maximum atomic E-state index is 12.7. The number of fused-ring (bicyclic) bond motifs is 1. The highest BCUT2D eigenvalue weighted by Crippen LogP contribution is 2.33. The van der Waals surface area contributed by atoms with Crippen LogP contribution in [0.4, 0.5) is 8.78 Å². The van der Waals surface area contributed by atoms with Gasteiger partial charge in [-0.05, 0) is 18.1 Å². The van der Waals surface area contributed by atoms with E-state index < -0.39 is 6.43 Å². The molecule has 0 radical (unpaired) electrons. The molecule has 0 atom stereocenters. The van der Waals surface area contributed by atoms with Gasteiger partial charge in [-0.2, -0.15) is 5.10 Å². The highest BCUT2D eigenvalue weighted by molar-refractivity contribution is 9.10. The fraction of sp³-hybridized carbons (Fsp3) is 0.300. The maximum absolute atomic E-state index is 12.7. The van der Waals surface area contributed by atoms with Gasteiger partial charge in [0.05, 0.1) is 11.7 Å². The average molecular weight is 275 g/mol. The maximum Gasteiger partial charge on any atom is 0.264 e. The summed E-state index contributed by atoms with van der Waals surface area (Å²) in [5.74, 6) is 0. The first kappa shape index (κ1) is 10.5. The van der Waals surface area contributed by atoms with Crippen molar-refractivity contribution in [2.24, 2.45) is 0 Å². The number of nitrogens with zero attached hydrogens (tertiary/aromatic N) is 1. The minimum Gasteiger partial charge on any atom is -0.277 e. The number of aryl methyl sites for hydroxylation is 1. The van der Waals surface area contributed by atoms with Crippen molar-refractivity contribution in [2.75, 3.05) is 0 Å². The van der Waals surface area contributed by atoms with E-state index in [-0.39, 0.29) is 5.56 Å². The summed E-state index contributed by atoms with van der Waals surface area (Å²) in [6.45, 7) is 1.97. The van der Waals surface area contributed by atoms with Gasteiger partial charge in [0, 0.05) is 15.4 Å². The van der Waals surface area contributed by atoms with Gasteiger partial charge in [0.2, 0.25) is 0 Å². The fourth-order valence-electron chi connectivity index (χ4n) is 1.68. The first-order valence-electron chi connectivity index (χ1n) is 4.57. The zero-order chi connectivity index (χ0) is 11.0. The molecule has 1 heterocycles. The summed E-state index contributed by atoms with van der Waals surface area (Å²) in [6, 6.07) is 1.47. The standard InChI is InChI=1S/C10H9BrF2N2/c1-2-5-8(11)3-6(10(12)13)7-4-14-15-9(5)7/h3-4,10H,2H2,1H3,(H,14,15). The van der Waals surface area contributed by atoms with Crippen LogP contribution in [0.15, 0.2) is 16.7 Å². The van der Waals surface area contributed by atoms with Crippen molar-refractivity contribution < 1.29 is 8.78 Å². The van der Waals surface area contributed by atoms with Crippen molar-refractivity contribution in [3.05, 3.63) is 27.9 Å². The molecular formula is C10H9BrF2N2. The number of halogens is 3. The van der Waals surface area contributed by atoms with Crippen molar-refractivity contribution >= 4 is 26.8 Å². The van der Waals surface area contributed by atoms with Gasteiger partial charge in [-0.15, -0.1) is 0 Å². The summed E-state index contributed by atoms with van der Waals surface area (Å²) < 4.78 is 26.2. The molecule has 1 aromatic heterocycles. The second-order valence-corrected chi connectivity index (χ2v) is 4.09. The number of aromatic amines is 1. The fourth-order valence-corrected chi connectivity index (χ4v) is 2.41. The normalized spacial score (nSPS) is 11.5. The molecule has 2 rings (SSSR count). The van der Waals surface area contributed by atoms with Crippen LogP contribution in [0.25, 0.3) is 10.9 Å². The second kappa shape index (κ2) is 3.89. The summed E-state index contributed by atoms with van der Waals surface area (Å²) in [5.41, 5.74) is 1.69. The molecule has 2 aromatic rings. The van der Waals surface area contributed by atoms with Crippen LogP contribution in [0.5, 0.6) is 0 Å². The number of alkyl halides is 2. The van der Waals surface area contributed by atoms with Crippen LogP contribution < -0.4 is 0 Å². The Hall–Kier alpha value is -0.970. The van der Waals surface area contributed by atoms with E-state index in [2.05, 4.69) is 26.1 Å².